The number of ether oxygens (including phenoxy) is 1. The van der Waals surface area contributed by atoms with Gasteiger partial charge in [0.1, 0.15) is 11.5 Å². The van der Waals surface area contributed by atoms with Crippen LogP contribution in [0.1, 0.15) is 17.0 Å². The zero-order chi connectivity index (χ0) is 24.7. The first-order chi connectivity index (χ1) is 16.8. The van der Waals surface area contributed by atoms with Crippen molar-refractivity contribution >= 4 is 17.1 Å². The van der Waals surface area contributed by atoms with Gasteiger partial charge in [-0.05, 0) is 43.7 Å². The smallest absolute Gasteiger partial charge is 0.388 e. The van der Waals surface area contributed by atoms with Crippen molar-refractivity contribution in [2.75, 3.05) is 0 Å². The van der Waals surface area contributed by atoms with E-state index in [2.05, 4.69) is 24.8 Å². The van der Waals surface area contributed by atoms with Crippen LogP contribution in [-0.2, 0) is 6.54 Å². The summed E-state index contributed by atoms with van der Waals surface area (Å²) in [6.07, 6.45) is 3.69. The van der Waals surface area contributed by atoms with Crippen LogP contribution < -0.4 is 10.5 Å². The molecule has 0 unspecified atom stereocenters. The average Bonchev–Trinajstić information content (AvgIpc) is 3.34. The fourth-order valence-corrected chi connectivity index (χ4v) is 4.17. The standard InChI is InChI=1S/C25H20F2N6O2/c1-13-22(14(2)33(32-13)12-15-4-3-5-18(26)6-15)20-11-30-23-19(20)7-16(9-29-23)17-8-21(27)24(31-10-17)35-25(28)34/h3-11H,12H2,1-2H3,(H2,28,34)(H,29,30). The number of hydrogen-bond acceptors (Lipinski definition) is 5. The van der Waals surface area contributed by atoms with Gasteiger partial charge in [-0.25, -0.2) is 23.5 Å². The average molecular weight is 474 g/mol. The van der Waals surface area contributed by atoms with Crippen molar-refractivity contribution in [3.8, 4) is 28.1 Å². The van der Waals surface area contributed by atoms with Gasteiger partial charge in [-0.3, -0.25) is 4.68 Å². The third-order valence-electron chi connectivity index (χ3n) is 5.74. The number of fused-ring (bicyclic) bond motifs is 1. The van der Waals surface area contributed by atoms with Crippen molar-refractivity contribution in [2.24, 2.45) is 5.73 Å². The van der Waals surface area contributed by atoms with Gasteiger partial charge in [-0.1, -0.05) is 12.1 Å². The molecular weight excluding hydrogens is 454 g/mol. The monoisotopic (exact) mass is 474 g/mol. The second-order valence-electron chi connectivity index (χ2n) is 8.09. The Hall–Kier alpha value is -4.60. The third-order valence-corrected chi connectivity index (χ3v) is 5.74. The number of rotatable bonds is 5. The van der Waals surface area contributed by atoms with E-state index in [1.54, 1.807) is 12.3 Å². The highest BCUT2D eigenvalue weighted by Gasteiger charge is 2.19. The van der Waals surface area contributed by atoms with Crippen LogP contribution in [0.25, 0.3) is 33.3 Å². The van der Waals surface area contributed by atoms with Crippen LogP contribution in [0.5, 0.6) is 5.88 Å². The third kappa shape index (κ3) is 4.21. The molecule has 0 aliphatic carbocycles. The van der Waals surface area contributed by atoms with Gasteiger partial charge in [0, 0.05) is 51.9 Å². The lowest BCUT2D eigenvalue weighted by molar-refractivity contribution is 0.206. The number of nitrogens with two attached hydrogens (primary N) is 1. The molecule has 1 amide bonds. The number of H-pyrrole nitrogens is 1. The first-order valence-electron chi connectivity index (χ1n) is 10.7. The number of nitrogens with one attached hydrogen (secondary N) is 1. The van der Waals surface area contributed by atoms with Gasteiger partial charge < -0.3 is 15.5 Å². The summed E-state index contributed by atoms with van der Waals surface area (Å²) in [6, 6.07) is 9.51. The molecule has 0 saturated heterocycles. The van der Waals surface area contributed by atoms with Crippen molar-refractivity contribution in [1.29, 1.82) is 0 Å². The highest BCUT2D eigenvalue weighted by atomic mass is 19.1. The highest BCUT2D eigenvalue weighted by Crippen LogP contribution is 2.35. The number of carbonyl (C=O) groups is 1. The summed E-state index contributed by atoms with van der Waals surface area (Å²) in [6.45, 7) is 4.31. The Balaban J connectivity index is 1.54. The lowest BCUT2D eigenvalue weighted by Gasteiger charge is -2.07. The van der Waals surface area contributed by atoms with Crippen molar-refractivity contribution in [3.63, 3.8) is 0 Å². The quantitative estimate of drug-likeness (QED) is 0.377. The molecule has 8 nitrogen and oxygen atoms in total. The highest BCUT2D eigenvalue weighted by molar-refractivity contribution is 5.96. The first kappa shape index (κ1) is 22.2. The van der Waals surface area contributed by atoms with Crippen LogP contribution in [0, 0.1) is 25.5 Å². The maximum absolute atomic E-state index is 14.4. The maximum Gasteiger partial charge on any atom is 0.411 e. The number of nitrogens with zero attached hydrogens (tertiary/aromatic N) is 4. The molecule has 0 aliphatic rings. The van der Waals surface area contributed by atoms with E-state index in [1.165, 1.54) is 24.4 Å². The number of aromatic nitrogens is 5. The minimum absolute atomic E-state index is 0.292. The van der Waals surface area contributed by atoms with E-state index in [0.717, 1.165) is 33.5 Å². The lowest BCUT2D eigenvalue weighted by Crippen LogP contribution is -2.17. The number of amides is 1. The Morgan fingerprint density at radius 1 is 1.11 bits per heavy atom. The SMILES string of the molecule is Cc1nn(Cc2cccc(F)c2)c(C)c1-c1c[nH]c2ncc(-c3cnc(OC(N)=O)c(F)c3)cc12. The van der Waals surface area contributed by atoms with E-state index >= 15 is 0 Å². The van der Waals surface area contributed by atoms with Crippen LogP contribution >= 0.6 is 0 Å². The normalized spacial score (nSPS) is 11.2. The maximum atomic E-state index is 14.4. The lowest BCUT2D eigenvalue weighted by atomic mass is 10.0. The number of aromatic amines is 1. The van der Waals surface area contributed by atoms with Gasteiger partial charge in [-0.2, -0.15) is 5.10 Å². The summed E-state index contributed by atoms with van der Waals surface area (Å²) in [4.78, 5) is 22.4. The summed E-state index contributed by atoms with van der Waals surface area (Å²) in [5.41, 5.74) is 11.0. The van der Waals surface area contributed by atoms with Crippen LogP contribution in [0.15, 0.2) is 55.0 Å². The molecule has 0 fully saturated rings. The minimum Gasteiger partial charge on any atom is -0.388 e. The molecule has 0 aliphatic heterocycles. The van der Waals surface area contributed by atoms with Gasteiger partial charge in [0.05, 0.1) is 12.2 Å². The number of hydrogen-bond donors (Lipinski definition) is 2. The van der Waals surface area contributed by atoms with Gasteiger partial charge in [-0.15, -0.1) is 0 Å². The fourth-order valence-electron chi connectivity index (χ4n) is 4.17. The molecule has 3 N–H and O–H groups in total. The molecule has 35 heavy (non-hydrogen) atoms. The van der Waals surface area contributed by atoms with E-state index in [-0.39, 0.29) is 5.82 Å². The Morgan fingerprint density at radius 2 is 1.89 bits per heavy atom. The molecule has 0 saturated carbocycles. The summed E-state index contributed by atoms with van der Waals surface area (Å²) in [5, 5.41) is 5.49. The van der Waals surface area contributed by atoms with E-state index in [0.29, 0.717) is 23.3 Å². The molecule has 0 radical (unpaired) electrons. The van der Waals surface area contributed by atoms with Gasteiger partial charge in [0.2, 0.25) is 0 Å². The van der Waals surface area contributed by atoms with Crippen LogP contribution in [0.2, 0.25) is 0 Å². The number of pyridine rings is 2. The number of aryl methyl sites for hydroxylation is 1. The Bertz CT molecular complexity index is 1590. The van der Waals surface area contributed by atoms with Crippen molar-refractivity contribution in [3.05, 3.63) is 83.6 Å². The molecule has 1 aromatic carbocycles. The van der Waals surface area contributed by atoms with Crippen molar-refractivity contribution in [1.82, 2.24) is 24.7 Å². The predicted molar refractivity (Wildman–Crippen MR) is 126 cm³/mol. The van der Waals surface area contributed by atoms with E-state index in [1.807, 2.05) is 36.9 Å². The van der Waals surface area contributed by atoms with Crippen LogP contribution in [0.3, 0.4) is 0 Å². The first-order valence-corrected chi connectivity index (χ1v) is 10.7. The summed E-state index contributed by atoms with van der Waals surface area (Å²) >= 11 is 0. The number of carbonyl (C=O) groups excluding carboxylic acids is 1. The molecule has 10 heteroatoms. The van der Waals surface area contributed by atoms with E-state index < -0.39 is 17.8 Å². The van der Waals surface area contributed by atoms with Crippen LogP contribution in [0.4, 0.5) is 13.6 Å². The predicted octanol–water partition coefficient (Wildman–Crippen LogP) is 4.89. The van der Waals surface area contributed by atoms with E-state index in [9.17, 15) is 13.6 Å². The van der Waals surface area contributed by atoms with Crippen LogP contribution in [-0.4, -0.2) is 30.8 Å². The molecule has 4 heterocycles. The Kier molecular flexibility index (Phi) is 5.48. The zero-order valence-corrected chi connectivity index (χ0v) is 18.8. The Labute approximate surface area is 198 Å². The number of halogens is 2. The zero-order valence-electron chi connectivity index (χ0n) is 18.8. The Morgan fingerprint density at radius 3 is 2.63 bits per heavy atom. The molecule has 0 bridgehead atoms. The van der Waals surface area contributed by atoms with Crippen molar-refractivity contribution < 1.29 is 18.3 Å². The molecule has 5 rings (SSSR count). The van der Waals surface area contributed by atoms with Gasteiger partial charge in [0.25, 0.3) is 5.88 Å². The van der Waals surface area contributed by atoms with Gasteiger partial charge in [0.15, 0.2) is 5.82 Å². The number of primary amides is 1. The minimum atomic E-state index is -1.15. The molecular formula is C25H20F2N6O2. The van der Waals surface area contributed by atoms with Crippen molar-refractivity contribution in [2.45, 2.75) is 20.4 Å². The summed E-state index contributed by atoms with van der Waals surface area (Å²) in [7, 11) is 0. The second kappa shape index (κ2) is 8.64. The molecule has 5 aromatic rings. The molecule has 0 atom stereocenters. The summed E-state index contributed by atoms with van der Waals surface area (Å²) in [5.74, 6) is -1.60. The second-order valence-corrected chi connectivity index (χ2v) is 8.09. The molecule has 176 valence electrons. The van der Waals surface area contributed by atoms with E-state index in [4.69, 9.17) is 5.73 Å². The largest absolute Gasteiger partial charge is 0.411 e. The number of benzene rings is 1. The topological polar surface area (TPSA) is 112 Å². The summed E-state index contributed by atoms with van der Waals surface area (Å²) < 4.78 is 34.4. The van der Waals surface area contributed by atoms with Gasteiger partial charge >= 0.3 is 6.09 Å². The molecule has 4 aromatic heterocycles. The fraction of sp³-hybridized carbons (Fsp3) is 0.120. The molecule has 0 spiro atoms.